The molecule has 0 saturated carbocycles. The summed E-state index contributed by atoms with van der Waals surface area (Å²) in [6, 6.07) is -0.706. The van der Waals surface area contributed by atoms with E-state index in [9.17, 15) is 19.8 Å². The minimum atomic E-state index is -0.791. The molecule has 3 atom stereocenters. The molecule has 56 heavy (non-hydrogen) atoms. The zero-order valence-corrected chi connectivity index (χ0v) is 37.5. The van der Waals surface area contributed by atoms with Crippen LogP contribution < -0.4 is 5.32 Å². The lowest BCUT2D eigenvalue weighted by molar-refractivity contribution is -0.151. The van der Waals surface area contributed by atoms with Gasteiger partial charge in [-0.05, 0) is 64.2 Å². The third-order valence-corrected chi connectivity index (χ3v) is 11.2. The Labute approximate surface area is 348 Å². The minimum absolute atomic E-state index is 0.0568. The fourth-order valence-corrected chi connectivity index (χ4v) is 7.49. The Balaban J connectivity index is 4.53. The topological polar surface area (TPSA) is 95.9 Å². The summed E-state index contributed by atoms with van der Waals surface area (Å²) >= 11 is 0. The molecular weight excluding hydrogens is 695 g/mol. The van der Waals surface area contributed by atoms with Gasteiger partial charge >= 0.3 is 5.97 Å². The molecule has 3 N–H and O–H groups in total. The van der Waals surface area contributed by atoms with Crippen LogP contribution in [-0.2, 0) is 14.3 Å². The molecular formula is C50H95NO5. The van der Waals surface area contributed by atoms with Crippen LogP contribution in [0.1, 0.15) is 258 Å². The number of rotatable bonds is 44. The van der Waals surface area contributed by atoms with Crippen molar-refractivity contribution < 1.29 is 24.5 Å². The summed E-state index contributed by atoms with van der Waals surface area (Å²) in [4.78, 5) is 26.0. The lowest BCUT2D eigenvalue weighted by Gasteiger charge is -2.24. The van der Waals surface area contributed by atoms with Crippen LogP contribution in [0, 0.1) is 0 Å². The number of esters is 1. The van der Waals surface area contributed by atoms with E-state index in [4.69, 9.17) is 4.74 Å². The van der Waals surface area contributed by atoms with Gasteiger partial charge in [-0.1, -0.05) is 206 Å². The van der Waals surface area contributed by atoms with Crippen LogP contribution in [0.5, 0.6) is 0 Å². The van der Waals surface area contributed by atoms with Gasteiger partial charge in [-0.15, -0.1) is 0 Å². The first-order valence-electron chi connectivity index (χ1n) is 24.6. The summed E-state index contributed by atoms with van der Waals surface area (Å²) in [5, 5.41) is 23.7. The maximum absolute atomic E-state index is 13.1. The Morgan fingerprint density at radius 2 is 0.911 bits per heavy atom. The highest BCUT2D eigenvalue weighted by Gasteiger charge is 2.24. The molecule has 6 heteroatoms. The Hall–Kier alpha value is -1.66. The van der Waals surface area contributed by atoms with Crippen molar-refractivity contribution in [1.82, 2.24) is 5.32 Å². The number of unbranched alkanes of at least 4 members (excludes halogenated alkanes) is 28. The quantitative estimate of drug-likeness (QED) is 0.0324. The average molecular weight is 790 g/mol. The molecule has 0 aromatic heterocycles. The highest BCUT2D eigenvalue weighted by molar-refractivity contribution is 5.77. The fraction of sp³-hybridized carbons (Fsp3) is 0.880. The van der Waals surface area contributed by atoms with Gasteiger partial charge < -0.3 is 20.3 Å². The van der Waals surface area contributed by atoms with Crippen LogP contribution in [0.3, 0.4) is 0 Å². The van der Waals surface area contributed by atoms with E-state index in [-0.39, 0.29) is 24.9 Å². The van der Waals surface area contributed by atoms with Crippen molar-refractivity contribution >= 4 is 11.9 Å². The number of hydrogen-bond acceptors (Lipinski definition) is 5. The molecule has 0 rings (SSSR count). The van der Waals surface area contributed by atoms with Gasteiger partial charge in [-0.3, -0.25) is 9.59 Å². The van der Waals surface area contributed by atoms with E-state index >= 15 is 0 Å². The number of aliphatic hydroxyl groups excluding tert-OH is 2. The van der Waals surface area contributed by atoms with Crippen LogP contribution in [0.25, 0.3) is 0 Å². The smallest absolute Gasteiger partial charge is 0.306 e. The number of amides is 1. The summed E-state index contributed by atoms with van der Waals surface area (Å²) in [5.74, 6) is -0.508. The van der Waals surface area contributed by atoms with Gasteiger partial charge in [0, 0.05) is 6.42 Å². The van der Waals surface area contributed by atoms with Crippen molar-refractivity contribution in [1.29, 1.82) is 0 Å². The van der Waals surface area contributed by atoms with Gasteiger partial charge in [0.05, 0.1) is 25.2 Å². The molecule has 3 unspecified atom stereocenters. The van der Waals surface area contributed by atoms with Crippen molar-refractivity contribution in [2.24, 2.45) is 0 Å². The number of hydrogen-bond donors (Lipinski definition) is 3. The van der Waals surface area contributed by atoms with E-state index in [1.165, 1.54) is 148 Å². The maximum atomic E-state index is 13.1. The number of allylic oxidation sites excluding steroid dienone is 4. The zero-order valence-electron chi connectivity index (χ0n) is 37.5. The second kappa shape index (κ2) is 44.4. The van der Waals surface area contributed by atoms with Gasteiger partial charge in [0.1, 0.15) is 6.10 Å². The highest BCUT2D eigenvalue weighted by atomic mass is 16.5. The molecule has 0 aromatic rings. The zero-order chi connectivity index (χ0) is 41.0. The number of carbonyl (C=O) groups excluding carboxylic acids is 2. The summed E-state index contributed by atoms with van der Waals surface area (Å²) in [6.07, 6.45) is 49.6. The number of ether oxygens (including phenoxy) is 1. The van der Waals surface area contributed by atoms with E-state index in [0.717, 1.165) is 64.2 Å². The Morgan fingerprint density at radius 3 is 1.38 bits per heavy atom. The number of nitrogens with one attached hydrogen (secondary N) is 1. The summed E-state index contributed by atoms with van der Waals surface area (Å²) in [5.41, 5.74) is 0. The molecule has 330 valence electrons. The second-order valence-corrected chi connectivity index (χ2v) is 16.9. The molecule has 0 spiro atoms. The molecule has 0 heterocycles. The molecule has 0 aromatic carbocycles. The van der Waals surface area contributed by atoms with Crippen molar-refractivity contribution in [3.63, 3.8) is 0 Å². The van der Waals surface area contributed by atoms with E-state index in [1.807, 2.05) is 0 Å². The Kier molecular flexibility index (Phi) is 43.1. The monoisotopic (exact) mass is 790 g/mol. The SMILES string of the molecule is CCC/C=C\CCCCCCCC(=O)OC(CCC/C=C\CCCCCCCCC)CC(=O)NC(CO)C(O)CCCCCCCCCCCCCCCCC. The predicted molar refractivity (Wildman–Crippen MR) is 241 cm³/mol. The third-order valence-electron chi connectivity index (χ3n) is 11.2. The van der Waals surface area contributed by atoms with Gasteiger partial charge in [0.2, 0.25) is 5.91 Å². The first-order chi connectivity index (χ1) is 27.5. The predicted octanol–water partition coefficient (Wildman–Crippen LogP) is 14.3. The maximum Gasteiger partial charge on any atom is 0.306 e. The van der Waals surface area contributed by atoms with Gasteiger partial charge in [-0.2, -0.15) is 0 Å². The Bertz CT molecular complexity index is 889. The van der Waals surface area contributed by atoms with Gasteiger partial charge in [-0.25, -0.2) is 0 Å². The van der Waals surface area contributed by atoms with Crippen LogP contribution in [0.15, 0.2) is 24.3 Å². The molecule has 0 radical (unpaired) electrons. The minimum Gasteiger partial charge on any atom is -0.462 e. The van der Waals surface area contributed by atoms with Crippen molar-refractivity contribution in [3.05, 3.63) is 24.3 Å². The average Bonchev–Trinajstić information content (AvgIpc) is 3.19. The first kappa shape index (κ1) is 54.3. The number of aliphatic hydroxyl groups is 2. The largest absolute Gasteiger partial charge is 0.462 e. The van der Waals surface area contributed by atoms with Gasteiger partial charge in [0.15, 0.2) is 0 Å². The molecule has 1 amide bonds. The van der Waals surface area contributed by atoms with Crippen LogP contribution >= 0.6 is 0 Å². The Morgan fingerprint density at radius 1 is 0.500 bits per heavy atom. The lowest BCUT2D eigenvalue weighted by atomic mass is 10.0. The first-order valence-corrected chi connectivity index (χ1v) is 24.6. The summed E-state index contributed by atoms with van der Waals surface area (Å²) in [7, 11) is 0. The summed E-state index contributed by atoms with van der Waals surface area (Å²) < 4.78 is 5.88. The molecule has 0 fully saturated rings. The van der Waals surface area contributed by atoms with Crippen molar-refractivity contribution in [3.8, 4) is 0 Å². The van der Waals surface area contributed by atoms with Crippen molar-refractivity contribution in [2.45, 2.75) is 277 Å². The molecule has 0 aliphatic rings. The third kappa shape index (κ3) is 39.2. The molecule has 0 aliphatic heterocycles. The van der Waals surface area contributed by atoms with E-state index in [1.54, 1.807) is 0 Å². The fourth-order valence-electron chi connectivity index (χ4n) is 7.49. The van der Waals surface area contributed by atoms with E-state index in [2.05, 4.69) is 50.4 Å². The van der Waals surface area contributed by atoms with Crippen LogP contribution in [0.4, 0.5) is 0 Å². The highest BCUT2D eigenvalue weighted by Crippen LogP contribution is 2.17. The standard InChI is InChI=1S/C50H95NO5/c1-4-7-10-13-16-19-22-24-25-26-28-30-33-36-39-42-48(53)47(45-52)51-49(54)44-46(41-38-35-32-29-27-23-20-17-14-11-8-5-2)56-50(55)43-40-37-34-31-21-18-15-12-9-6-3/h12,15,29,32,46-48,52-53H,4-11,13-14,16-28,30-31,33-45H2,1-3H3,(H,51,54)/b15-12-,32-29-. The normalized spacial score (nSPS) is 13.4. The molecule has 0 aliphatic carbocycles. The van der Waals surface area contributed by atoms with Crippen LogP contribution in [0.2, 0.25) is 0 Å². The van der Waals surface area contributed by atoms with E-state index < -0.39 is 18.2 Å². The summed E-state index contributed by atoms with van der Waals surface area (Å²) in [6.45, 7) is 6.41. The molecule has 0 saturated heterocycles. The molecule has 0 bridgehead atoms. The van der Waals surface area contributed by atoms with Gasteiger partial charge in [0.25, 0.3) is 0 Å². The van der Waals surface area contributed by atoms with Crippen molar-refractivity contribution in [2.75, 3.05) is 6.61 Å². The lowest BCUT2D eigenvalue weighted by Crippen LogP contribution is -2.46. The number of carbonyl (C=O) groups is 2. The van der Waals surface area contributed by atoms with Crippen LogP contribution in [-0.4, -0.2) is 46.9 Å². The second-order valence-electron chi connectivity index (χ2n) is 16.9. The molecule has 6 nitrogen and oxygen atoms in total. The van der Waals surface area contributed by atoms with E-state index in [0.29, 0.717) is 19.3 Å².